The van der Waals surface area contributed by atoms with Crippen LogP contribution in [0.3, 0.4) is 0 Å². The Hall–Kier alpha value is -2.74. The molecule has 27 heavy (non-hydrogen) atoms. The number of amides is 1. The van der Waals surface area contributed by atoms with E-state index in [9.17, 15) is 18.0 Å². The van der Waals surface area contributed by atoms with E-state index in [1.165, 1.54) is 0 Å². The number of hydrogen-bond donors (Lipinski definition) is 2. The molecule has 1 amide bonds. The third-order valence-electron chi connectivity index (χ3n) is 4.31. The van der Waals surface area contributed by atoms with Gasteiger partial charge in [0.25, 0.3) is 0 Å². The van der Waals surface area contributed by atoms with E-state index in [-0.39, 0.29) is 0 Å². The molecule has 0 radical (unpaired) electrons. The number of nitrogens with one attached hydrogen (secondary N) is 2. The highest BCUT2D eigenvalue weighted by atomic mass is 19.2. The van der Waals surface area contributed by atoms with E-state index in [2.05, 4.69) is 15.5 Å². The highest BCUT2D eigenvalue weighted by Crippen LogP contribution is 2.21. The van der Waals surface area contributed by atoms with Gasteiger partial charge in [0.2, 0.25) is 5.91 Å². The second-order valence-corrected chi connectivity index (χ2v) is 6.22. The van der Waals surface area contributed by atoms with Gasteiger partial charge in [0.1, 0.15) is 6.04 Å². The zero-order chi connectivity index (χ0) is 19.4. The van der Waals surface area contributed by atoms with Gasteiger partial charge in [-0.1, -0.05) is 0 Å². The maximum absolute atomic E-state index is 13.7. The monoisotopic (exact) mass is 379 g/mol. The van der Waals surface area contributed by atoms with Gasteiger partial charge in [-0.05, 0) is 43.3 Å². The third-order valence-corrected chi connectivity index (χ3v) is 4.31. The SMILES string of the molecule is CC(Nc1ccc(N2CCOCC2)cc1)C(=O)Nc1ccc(F)c(F)c1F. The summed E-state index contributed by atoms with van der Waals surface area (Å²) in [5.41, 5.74) is 1.36. The average molecular weight is 379 g/mol. The first-order valence-corrected chi connectivity index (χ1v) is 8.59. The van der Waals surface area contributed by atoms with E-state index in [0.29, 0.717) is 18.9 Å². The molecule has 1 heterocycles. The summed E-state index contributed by atoms with van der Waals surface area (Å²) >= 11 is 0. The van der Waals surface area contributed by atoms with Crippen LogP contribution in [0.2, 0.25) is 0 Å². The molecule has 1 aliphatic rings. The van der Waals surface area contributed by atoms with Crippen molar-refractivity contribution in [3.63, 3.8) is 0 Å². The predicted molar refractivity (Wildman–Crippen MR) is 97.5 cm³/mol. The van der Waals surface area contributed by atoms with E-state index in [1.807, 2.05) is 24.3 Å². The standard InChI is InChI=1S/C19H20F3N3O2/c1-12(19(26)24-16-7-6-15(20)17(21)18(16)22)23-13-2-4-14(5-3-13)25-8-10-27-11-9-25/h2-7,12,23H,8-11H2,1H3,(H,24,26). The van der Waals surface area contributed by atoms with Gasteiger partial charge >= 0.3 is 0 Å². The minimum Gasteiger partial charge on any atom is -0.378 e. The Kier molecular flexibility index (Phi) is 5.85. The minimum absolute atomic E-state index is 0.407. The molecule has 8 heteroatoms. The molecule has 5 nitrogen and oxygen atoms in total. The predicted octanol–water partition coefficient (Wildman–Crippen LogP) is 3.38. The normalized spacial score (nSPS) is 15.3. The van der Waals surface area contributed by atoms with Gasteiger partial charge in [0.15, 0.2) is 17.5 Å². The largest absolute Gasteiger partial charge is 0.378 e. The number of morpholine rings is 1. The Morgan fingerprint density at radius 2 is 1.70 bits per heavy atom. The van der Waals surface area contributed by atoms with Crippen LogP contribution in [-0.4, -0.2) is 38.3 Å². The van der Waals surface area contributed by atoms with Crippen molar-refractivity contribution in [1.29, 1.82) is 0 Å². The average Bonchev–Trinajstić information content (AvgIpc) is 2.69. The molecule has 0 spiro atoms. The van der Waals surface area contributed by atoms with Crippen molar-refractivity contribution in [2.45, 2.75) is 13.0 Å². The van der Waals surface area contributed by atoms with Gasteiger partial charge in [-0.25, -0.2) is 13.2 Å². The zero-order valence-electron chi connectivity index (χ0n) is 14.8. The number of benzene rings is 2. The second kappa shape index (κ2) is 8.30. The van der Waals surface area contributed by atoms with E-state index in [4.69, 9.17) is 4.74 Å². The van der Waals surface area contributed by atoms with Crippen molar-refractivity contribution in [2.75, 3.05) is 41.8 Å². The van der Waals surface area contributed by atoms with Crippen molar-refractivity contribution < 1.29 is 22.7 Å². The van der Waals surface area contributed by atoms with Crippen LogP contribution in [0.1, 0.15) is 6.92 Å². The molecule has 1 atom stereocenters. The van der Waals surface area contributed by atoms with Crippen LogP contribution in [0.25, 0.3) is 0 Å². The summed E-state index contributed by atoms with van der Waals surface area (Å²) in [4.78, 5) is 14.4. The molecule has 0 aromatic heterocycles. The molecule has 0 saturated carbocycles. The van der Waals surface area contributed by atoms with Crippen LogP contribution in [0.4, 0.5) is 30.2 Å². The molecule has 144 valence electrons. The molecule has 1 saturated heterocycles. The Labute approximate surface area is 155 Å². The quantitative estimate of drug-likeness (QED) is 0.782. The summed E-state index contributed by atoms with van der Waals surface area (Å²) < 4.78 is 45.2. The molecule has 2 aromatic carbocycles. The third kappa shape index (κ3) is 4.51. The highest BCUT2D eigenvalue weighted by molar-refractivity contribution is 5.96. The number of rotatable bonds is 5. The Morgan fingerprint density at radius 1 is 1.04 bits per heavy atom. The van der Waals surface area contributed by atoms with Gasteiger partial charge < -0.3 is 20.3 Å². The lowest BCUT2D eigenvalue weighted by Gasteiger charge is -2.29. The number of nitrogens with zero attached hydrogens (tertiary/aromatic N) is 1. The van der Waals surface area contributed by atoms with Gasteiger partial charge in [-0.3, -0.25) is 4.79 Å². The molecule has 1 fully saturated rings. The zero-order valence-corrected chi connectivity index (χ0v) is 14.8. The number of carbonyl (C=O) groups is 1. The van der Waals surface area contributed by atoms with Gasteiger partial charge in [0.05, 0.1) is 18.9 Å². The maximum Gasteiger partial charge on any atom is 0.246 e. The number of anilines is 3. The minimum atomic E-state index is -1.62. The molecular formula is C19H20F3N3O2. The van der Waals surface area contributed by atoms with E-state index in [1.54, 1.807) is 6.92 Å². The van der Waals surface area contributed by atoms with Crippen molar-refractivity contribution in [2.24, 2.45) is 0 Å². The Balaban J connectivity index is 1.60. The lowest BCUT2D eigenvalue weighted by Crippen LogP contribution is -2.36. The smallest absolute Gasteiger partial charge is 0.246 e. The fourth-order valence-electron chi connectivity index (χ4n) is 2.77. The summed E-state index contributed by atoms with van der Waals surface area (Å²) in [7, 11) is 0. The first kappa shape index (κ1) is 19.0. The molecule has 1 aliphatic heterocycles. The fraction of sp³-hybridized carbons (Fsp3) is 0.316. The lowest BCUT2D eigenvalue weighted by molar-refractivity contribution is -0.116. The van der Waals surface area contributed by atoms with E-state index >= 15 is 0 Å². The van der Waals surface area contributed by atoms with E-state index < -0.39 is 35.1 Å². The first-order valence-electron chi connectivity index (χ1n) is 8.59. The second-order valence-electron chi connectivity index (χ2n) is 6.22. The fourth-order valence-corrected chi connectivity index (χ4v) is 2.77. The van der Waals surface area contributed by atoms with Crippen LogP contribution in [0.5, 0.6) is 0 Å². The van der Waals surface area contributed by atoms with Gasteiger partial charge in [0, 0.05) is 24.5 Å². The van der Waals surface area contributed by atoms with Crippen LogP contribution in [0.15, 0.2) is 36.4 Å². The first-order chi connectivity index (χ1) is 13.0. The maximum atomic E-state index is 13.7. The molecule has 0 bridgehead atoms. The van der Waals surface area contributed by atoms with Crippen LogP contribution in [0, 0.1) is 17.5 Å². The van der Waals surface area contributed by atoms with Crippen LogP contribution >= 0.6 is 0 Å². The summed E-state index contributed by atoms with van der Waals surface area (Å²) in [5.74, 6) is -4.92. The number of halogens is 3. The number of carbonyl (C=O) groups excluding carboxylic acids is 1. The molecule has 3 rings (SSSR count). The van der Waals surface area contributed by atoms with Gasteiger partial charge in [-0.15, -0.1) is 0 Å². The van der Waals surface area contributed by atoms with Crippen LogP contribution < -0.4 is 15.5 Å². The lowest BCUT2D eigenvalue weighted by atomic mass is 10.2. The van der Waals surface area contributed by atoms with Crippen molar-refractivity contribution in [3.8, 4) is 0 Å². The summed E-state index contributed by atoms with van der Waals surface area (Å²) in [6.45, 7) is 4.62. The summed E-state index contributed by atoms with van der Waals surface area (Å²) in [6.07, 6.45) is 0. The van der Waals surface area contributed by atoms with Crippen molar-refractivity contribution in [3.05, 3.63) is 53.8 Å². The summed E-state index contributed by atoms with van der Waals surface area (Å²) in [5, 5.41) is 5.25. The molecular weight excluding hydrogens is 359 g/mol. The van der Waals surface area contributed by atoms with Gasteiger partial charge in [-0.2, -0.15) is 0 Å². The molecule has 2 aromatic rings. The molecule has 1 unspecified atom stereocenters. The number of ether oxygens (including phenoxy) is 1. The molecule has 2 N–H and O–H groups in total. The topological polar surface area (TPSA) is 53.6 Å². The summed E-state index contributed by atoms with van der Waals surface area (Å²) in [6, 6.07) is 8.58. The van der Waals surface area contributed by atoms with Crippen molar-refractivity contribution in [1.82, 2.24) is 0 Å². The Bertz CT molecular complexity index is 809. The number of hydrogen-bond acceptors (Lipinski definition) is 4. The van der Waals surface area contributed by atoms with E-state index in [0.717, 1.165) is 30.9 Å². The molecule has 0 aliphatic carbocycles. The van der Waals surface area contributed by atoms with Crippen molar-refractivity contribution >= 4 is 23.0 Å². The Morgan fingerprint density at radius 3 is 2.37 bits per heavy atom. The van der Waals surface area contributed by atoms with Crippen LogP contribution in [-0.2, 0) is 9.53 Å². The highest BCUT2D eigenvalue weighted by Gasteiger charge is 2.19.